The van der Waals surface area contributed by atoms with Gasteiger partial charge in [0, 0.05) is 6.42 Å². The normalized spacial score (nSPS) is 16.8. The summed E-state index contributed by atoms with van der Waals surface area (Å²) >= 11 is 0.993. The number of aliphatic hydroxyl groups excluding tert-OH is 1. The zero-order valence-electron chi connectivity index (χ0n) is 16.4. The monoisotopic (exact) mass is 380 g/mol. The van der Waals surface area contributed by atoms with Crippen molar-refractivity contribution >= 4 is 22.7 Å². The van der Waals surface area contributed by atoms with Crippen LogP contribution in [0.15, 0.2) is 23.5 Å². The van der Waals surface area contributed by atoms with Gasteiger partial charge in [0.1, 0.15) is 11.3 Å². The Morgan fingerprint density at radius 2 is 1.42 bits per heavy atom. The lowest BCUT2D eigenvalue weighted by Gasteiger charge is -2.03. The Labute approximate surface area is 163 Å². The quantitative estimate of drug-likeness (QED) is 0.113. The van der Waals surface area contributed by atoms with Crippen molar-refractivity contribution in [3.63, 3.8) is 0 Å². The topological polar surface area (TPSA) is 54.4 Å². The van der Waals surface area contributed by atoms with Crippen LogP contribution in [0.2, 0.25) is 0 Å². The Kier molecular flexibility index (Phi) is 13.3. The van der Waals surface area contributed by atoms with Crippen molar-refractivity contribution in [3.05, 3.63) is 23.5 Å². The number of ketones is 1. The van der Waals surface area contributed by atoms with Crippen molar-refractivity contribution in [2.45, 2.75) is 96.8 Å². The largest absolute Gasteiger partial charge is 0.511 e. The molecule has 0 radical (unpaired) electrons. The first-order valence-electron chi connectivity index (χ1n) is 10.4. The summed E-state index contributed by atoms with van der Waals surface area (Å²) in [5, 5.41) is 9.65. The molecule has 0 bridgehead atoms. The molecule has 4 heteroatoms. The van der Waals surface area contributed by atoms with E-state index in [1.54, 1.807) is 0 Å². The first-order valence-corrected chi connectivity index (χ1v) is 11.4. The molecule has 0 atom stereocenters. The highest BCUT2D eigenvalue weighted by Gasteiger charge is 2.30. The Balaban J connectivity index is 1.92. The number of hydrogen-bond acceptors (Lipinski definition) is 4. The molecule has 3 nitrogen and oxygen atoms in total. The molecule has 0 unspecified atom stereocenters. The number of rotatable bonds is 15. The van der Waals surface area contributed by atoms with Crippen LogP contribution in [0.4, 0.5) is 0 Å². The summed E-state index contributed by atoms with van der Waals surface area (Å²) in [7, 11) is 0. The van der Waals surface area contributed by atoms with E-state index in [0.29, 0.717) is 6.42 Å². The first-order chi connectivity index (χ1) is 12.7. The van der Waals surface area contributed by atoms with Gasteiger partial charge in [0.25, 0.3) is 0 Å². The van der Waals surface area contributed by atoms with Gasteiger partial charge in [0.2, 0.25) is 5.12 Å². The Hall–Kier alpha value is -1.03. The van der Waals surface area contributed by atoms with E-state index in [0.717, 1.165) is 37.4 Å². The Bertz CT molecular complexity index is 462. The van der Waals surface area contributed by atoms with Gasteiger partial charge >= 0.3 is 0 Å². The standard InChI is InChI=1S/C22H36O3S/c1-2-3-4-5-6-7-8-9-10-11-12-13-14-15-16-17-19(23)21-20(24)18-26-22(21)25/h9-10,23H,2-8,11-18H2,1H3/b10-9-,21-19?. The fraction of sp³-hybridized carbons (Fsp3) is 0.727. The number of Topliss-reactive ketones (excluding diaryl/α,β-unsaturated/α-hetero) is 1. The molecule has 1 aliphatic rings. The lowest BCUT2D eigenvalue weighted by molar-refractivity contribution is -0.115. The second-order valence-electron chi connectivity index (χ2n) is 7.16. The average Bonchev–Trinajstić information content (AvgIpc) is 2.96. The van der Waals surface area contributed by atoms with Crippen molar-refractivity contribution in [3.8, 4) is 0 Å². The van der Waals surface area contributed by atoms with E-state index in [9.17, 15) is 14.7 Å². The van der Waals surface area contributed by atoms with Crippen LogP contribution in [-0.2, 0) is 9.59 Å². The molecule has 0 amide bonds. The van der Waals surface area contributed by atoms with Gasteiger partial charge in [0.05, 0.1) is 5.75 Å². The Morgan fingerprint density at radius 3 is 1.96 bits per heavy atom. The van der Waals surface area contributed by atoms with Crippen molar-refractivity contribution in [2.24, 2.45) is 0 Å². The number of aliphatic hydroxyl groups is 1. The van der Waals surface area contributed by atoms with Crippen LogP contribution in [0, 0.1) is 0 Å². The molecule has 1 aliphatic heterocycles. The van der Waals surface area contributed by atoms with Crippen molar-refractivity contribution in [2.75, 3.05) is 5.75 Å². The van der Waals surface area contributed by atoms with Crippen LogP contribution in [0.1, 0.15) is 96.8 Å². The van der Waals surface area contributed by atoms with Gasteiger partial charge in [-0.3, -0.25) is 9.59 Å². The van der Waals surface area contributed by atoms with E-state index in [4.69, 9.17) is 0 Å². The maximum absolute atomic E-state index is 11.5. The van der Waals surface area contributed by atoms with Crippen LogP contribution in [0.25, 0.3) is 0 Å². The first kappa shape index (κ1) is 23.0. The minimum absolute atomic E-state index is 0.00243. The van der Waals surface area contributed by atoms with Crippen molar-refractivity contribution in [1.82, 2.24) is 0 Å². The van der Waals surface area contributed by atoms with Crippen LogP contribution in [-0.4, -0.2) is 21.8 Å². The highest BCUT2D eigenvalue weighted by Crippen LogP contribution is 2.26. The molecule has 0 aromatic heterocycles. The van der Waals surface area contributed by atoms with E-state index >= 15 is 0 Å². The number of allylic oxidation sites excluding steroid dienone is 3. The van der Waals surface area contributed by atoms with Gasteiger partial charge in [-0.25, -0.2) is 0 Å². The predicted octanol–water partition coefficient (Wildman–Crippen LogP) is 6.68. The maximum Gasteiger partial charge on any atom is 0.226 e. The molecule has 26 heavy (non-hydrogen) atoms. The van der Waals surface area contributed by atoms with Gasteiger partial charge < -0.3 is 5.11 Å². The molecule has 0 aromatic carbocycles. The highest BCUT2D eigenvalue weighted by molar-refractivity contribution is 8.15. The van der Waals surface area contributed by atoms with Crippen LogP contribution in [0.5, 0.6) is 0 Å². The molecule has 0 spiro atoms. The van der Waals surface area contributed by atoms with Crippen molar-refractivity contribution in [1.29, 1.82) is 0 Å². The lowest BCUT2D eigenvalue weighted by Crippen LogP contribution is -2.05. The van der Waals surface area contributed by atoms with Gasteiger partial charge in [0.15, 0.2) is 5.78 Å². The number of unbranched alkanes of at least 4 members (excludes halogenated alkanes) is 11. The Morgan fingerprint density at radius 1 is 0.885 bits per heavy atom. The molecule has 1 N–H and O–H groups in total. The number of carbonyl (C=O) groups excluding carboxylic acids is 2. The fourth-order valence-corrected chi connectivity index (χ4v) is 3.94. The average molecular weight is 381 g/mol. The molecule has 1 saturated heterocycles. The molecule has 1 rings (SSSR count). The molecule has 0 aromatic rings. The molecular weight excluding hydrogens is 344 g/mol. The molecule has 1 fully saturated rings. The SMILES string of the molecule is CCCCCCCC/C=C\CCCCCCCC(O)=C1C(=O)CSC1=O. The molecule has 148 valence electrons. The van der Waals surface area contributed by atoms with E-state index < -0.39 is 0 Å². The zero-order chi connectivity index (χ0) is 19.0. The van der Waals surface area contributed by atoms with E-state index in [1.807, 2.05) is 0 Å². The molecular formula is C22H36O3S. The lowest BCUT2D eigenvalue weighted by atomic mass is 10.1. The van der Waals surface area contributed by atoms with Crippen LogP contribution < -0.4 is 0 Å². The number of hydrogen-bond donors (Lipinski definition) is 1. The fourth-order valence-electron chi connectivity index (χ4n) is 3.16. The smallest absolute Gasteiger partial charge is 0.226 e. The van der Waals surface area contributed by atoms with E-state index in [2.05, 4.69) is 19.1 Å². The minimum atomic E-state index is -0.264. The third kappa shape index (κ3) is 10.2. The van der Waals surface area contributed by atoms with Gasteiger partial charge in [-0.1, -0.05) is 82.2 Å². The summed E-state index contributed by atoms with van der Waals surface area (Å²) in [5.74, 6) is -0.0298. The molecule has 0 aliphatic carbocycles. The van der Waals surface area contributed by atoms with Crippen LogP contribution >= 0.6 is 11.8 Å². The minimum Gasteiger partial charge on any atom is -0.511 e. The van der Waals surface area contributed by atoms with Gasteiger partial charge in [-0.2, -0.15) is 0 Å². The maximum atomic E-state index is 11.5. The summed E-state index contributed by atoms with van der Waals surface area (Å²) in [4.78, 5) is 23.0. The third-order valence-corrected chi connectivity index (χ3v) is 5.65. The van der Waals surface area contributed by atoms with Gasteiger partial charge in [-0.15, -0.1) is 0 Å². The summed E-state index contributed by atoms with van der Waals surface area (Å²) in [5.41, 5.74) is 0.0468. The summed E-state index contributed by atoms with van der Waals surface area (Å²) in [6.45, 7) is 2.25. The van der Waals surface area contributed by atoms with Gasteiger partial charge in [-0.05, 0) is 32.1 Å². The van der Waals surface area contributed by atoms with Crippen LogP contribution in [0.3, 0.4) is 0 Å². The number of carbonyl (C=O) groups is 2. The van der Waals surface area contributed by atoms with Crippen molar-refractivity contribution < 1.29 is 14.7 Å². The molecule has 0 saturated carbocycles. The van der Waals surface area contributed by atoms with E-state index in [-0.39, 0.29) is 28.0 Å². The third-order valence-electron chi connectivity index (χ3n) is 4.78. The second kappa shape index (κ2) is 15.1. The second-order valence-corrected chi connectivity index (χ2v) is 8.10. The summed E-state index contributed by atoms with van der Waals surface area (Å²) < 4.78 is 0. The molecule has 1 heterocycles. The summed E-state index contributed by atoms with van der Waals surface area (Å²) in [6, 6.07) is 0. The highest BCUT2D eigenvalue weighted by atomic mass is 32.2. The zero-order valence-corrected chi connectivity index (χ0v) is 17.2. The number of thioether (sulfide) groups is 1. The summed E-state index contributed by atoms with van der Waals surface area (Å²) in [6.07, 6.45) is 21.1. The predicted molar refractivity (Wildman–Crippen MR) is 112 cm³/mol. The van der Waals surface area contributed by atoms with E-state index in [1.165, 1.54) is 57.8 Å².